The fourth-order valence-electron chi connectivity index (χ4n) is 6.03. The largest absolute Gasteiger partial charge is 0.480 e. The van der Waals surface area contributed by atoms with Crippen molar-refractivity contribution in [1.29, 1.82) is 0 Å². The number of nitrogens with one attached hydrogen (secondary N) is 1. The van der Waals surface area contributed by atoms with E-state index in [4.69, 9.17) is 4.74 Å². The number of nitrogens with zero attached hydrogens (tertiary/aromatic N) is 1. The summed E-state index contributed by atoms with van der Waals surface area (Å²) in [7, 11) is 0. The SMILES string of the molecule is CC[C@](O[C@@H]1C[C@H](C)CC[C@@H]1C(C)C)(C(=O)N[C@H]1C(=O)N2[C@@H]1SC(C)(C)[C@H]2C(=O)O)C(C)C. The van der Waals surface area contributed by atoms with E-state index in [1.807, 2.05) is 34.6 Å². The molecule has 3 rings (SSSR count). The van der Waals surface area contributed by atoms with Crippen LogP contribution in [0.25, 0.3) is 0 Å². The van der Waals surface area contributed by atoms with E-state index < -0.39 is 28.4 Å². The minimum Gasteiger partial charge on any atom is -0.480 e. The highest BCUT2D eigenvalue weighted by Crippen LogP contribution is 2.51. The van der Waals surface area contributed by atoms with Gasteiger partial charge in [0.25, 0.3) is 5.91 Å². The molecule has 7 nitrogen and oxygen atoms in total. The van der Waals surface area contributed by atoms with Gasteiger partial charge in [0.2, 0.25) is 5.91 Å². The lowest BCUT2D eigenvalue weighted by atomic mass is 9.74. The fraction of sp³-hybridized carbons (Fsp3) is 0.880. The lowest BCUT2D eigenvalue weighted by molar-refractivity contribution is -0.184. The Hall–Kier alpha value is -1.28. The Morgan fingerprint density at radius 1 is 1.27 bits per heavy atom. The number of aliphatic carboxylic acids is 1. The molecule has 0 bridgehead atoms. The Morgan fingerprint density at radius 2 is 1.91 bits per heavy atom. The molecule has 2 saturated heterocycles. The van der Waals surface area contributed by atoms with Crippen LogP contribution in [0.1, 0.15) is 81.1 Å². The molecule has 0 unspecified atom stereocenters. The molecule has 0 radical (unpaired) electrons. The molecule has 0 aromatic rings. The Bertz CT molecular complexity index is 785. The maximum absolute atomic E-state index is 13.8. The van der Waals surface area contributed by atoms with Crippen LogP contribution >= 0.6 is 11.8 Å². The second kappa shape index (κ2) is 9.40. The lowest BCUT2D eigenvalue weighted by Gasteiger charge is -2.47. The van der Waals surface area contributed by atoms with Crippen molar-refractivity contribution in [2.24, 2.45) is 23.7 Å². The number of hydrogen-bond donors (Lipinski definition) is 2. The van der Waals surface area contributed by atoms with Crippen LogP contribution in [0.2, 0.25) is 0 Å². The third-order valence-corrected chi connectivity index (χ3v) is 9.70. The van der Waals surface area contributed by atoms with Crippen LogP contribution in [0.4, 0.5) is 0 Å². The maximum atomic E-state index is 13.8. The molecule has 1 aliphatic carbocycles. The number of rotatable bonds is 8. The molecule has 8 heteroatoms. The Kier molecular flexibility index (Phi) is 7.50. The van der Waals surface area contributed by atoms with Gasteiger partial charge in [-0.3, -0.25) is 9.59 Å². The minimum atomic E-state index is -1.03. The van der Waals surface area contributed by atoms with Gasteiger partial charge in [-0.15, -0.1) is 11.8 Å². The highest BCUT2D eigenvalue weighted by Gasteiger charge is 2.64. The van der Waals surface area contributed by atoms with E-state index in [1.165, 1.54) is 23.1 Å². The Labute approximate surface area is 202 Å². The summed E-state index contributed by atoms with van der Waals surface area (Å²) in [5, 5.41) is 12.3. The van der Waals surface area contributed by atoms with Crippen molar-refractivity contribution in [2.45, 2.75) is 115 Å². The highest BCUT2D eigenvalue weighted by atomic mass is 32.2. The summed E-state index contributed by atoms with van der Waals surface area (Å²) < 4.78 is 6.15. The van der Waals surface area contributed by atoms with Crippen LogP contribution in [0.3, 0.4) is 0 Å². The Balaban J connectivity index is 1.81. The molecule has 2 aliphatic heterocycles. The first-order chi connectivity index (χ1) is 15.3. The number of carboxylic acids is 1. The molecule has 0 aromatic carbocycles. The van der Waals surface area contributed by atoms with Gasteiger partial charge in [-0.05, 0) is 56.8 Å². The van der Waals surface area contributed by atoms with Gasteiger partial charge in [-0.1, -0.05) is 48.0 Å². The van der Waals surface area contributed by atoms with Crippen molar-refractivity contribution in [1.82, 2.24) is 10.2 Å². The molecule has 0 spiro atoms. The van der Waals surface area contributed by atoms with Gasteiger partial charge in [-0.25, -0.2) is 4.79 Å². The predicted molar refractivity (Wildman–Crippen MR) is 130 cm³/mol. The van der Waals surface area contributed by atoms with Gasteiger partial charge in [0.1, 0.15) is 23.1 Å². The van der Waals surface area contributed by atoms with E-state index in [-0.39, 0.29) is 29.2 Å². The zero-order valence-corrected chi connectivity index (χ0v) is 22.2. The number of fused-ring (bicyclic) bond motifs is 1. The normalized spacial score (nSPS) is 35.2. The number of carbonyl (C=O) groups is 3. The van der Waals surface area contributed by atoms with Crippen LogP contribution in [0.15, 0.2) is 0 Å². The summed E-state index contributed by atoms with van der Waals surface area (Å²) in [6.45, 7) is 16.3. The average Bonchev–Trinajstić information content (AvgIpc) is 2.97. The molecule has 0 aromatic heterocycles. The van der Waals surface area contributed by atoms with E-state index in [0.717, 1.165) is 12.8 Å². The van der Waals surface area contributed by atoms with E-state index in [1.54, 1.807) is 0 Å². The summed E-state index contributed by atoms with van der Waals surface area (Å²) in [4.78, 5) is 39.9. The monoisotopic (exact) mass is 482 g/mol. The van der Waals surface area contributed by atoms with E-state index in [0.29, 0.717) is 24.2 Å². The van der Waals surface area contributed by atoms with Crippen molar-refractivity contribution in [3.63, 3.8) is 0 Å². The zero-order valence-electron chi connectivity index (χ0n) is 21.4. The summed E-state index contributed by atoms with van der Waals surface area (Å²) in [5.74, 6) is -0.219. The lowest BCUT2D eigenvalue weighted by Crippen LogP contribution is -2.72. The first kappa shape index (κ1) is 26.3. The van der Waals surface area contributed by atoms with Gasteiger partial charge < -0.3 is 20.1 Å². The van der Waals surface area contributed by atoms with Crippen LogP contribution in [0.5, 0.6) is 0 Å². The molecular weight excluding hydrogens is 440 g/mol. The van der Waals surface area contributed by atoms with Gasteiger partial charge in [0.15, 0.2) is 0 Å². The number of ether oxygens (including phenoxy) is 1. The topological polar surface area (TPSA) is 95.9 Å². The van der Waals surface area contributed by atoms with E-state index in [9.17, 15) is 19.5 Å². The predicted octanol–water partition coefficient (Wildman–Crippen LogP) is 3.90. The second-order valence-electron chi connectivity index (χ2n) is 11.4. The molecule has 188 valence electrons. The first-order valence-electron chi connectivity index (χ1n) is 12.5. The van der Waals surface area contributed by atoms with E-state index >= 15 is 0 Å². The van der Waals surface area contributed by atoms with Gasteiger partial charge in [0.05, 0.1) is 6.10 Å². The van der Waals surface area contributed by atoms with Gasteiger partial charge in [0, 0.05) is 4.75 Å². The quantitative estimate of drug-likeness (QED) is 0.510. The Morgan fingerprint density at radius 3 is 2.42 bits per heavy atom. The molecular formula is C25H42N2O5S. The molecule has 33 heavy (non-hydrogen) atoms. The molecule has 2 amide bonds. The van der Waals surface area contributed by atoms with Crippen LogP contribution in [0, 0.1) is 23.7 Å². The average molecular weight is 483 g/mol. The van der Waals surface area contributed by atoms with Crippen molar-refractivity contribution >= 4 is 29.5 Å². The van der Waals surface area contributed by atoms with Crippen LogP contribution < -0.4 is 5.32 Å². The summed E-state index contributed by atoms with van der Waals surface area (Å²) >= 11 is 1.44. The van der Waals surface area contributed by atoms with Crippen LogP contribution in [-0.4, -0.2) is 61.7 Å². The van der Waals surface area contributed by atoms with Crippen molar-refractivity contribution in [3.8, 4) is 0 Å². The number of thioether (sulfide) groups is 1. The van der Waals surface area contributed by atoms with Crippen molar-refractivity contribution < 1.29 is 24.2 Å². The molecule has 2 N–H and O–H groups in total. The molecule has 2 heterocycles. The highest BCUT2D eigenvalue weighted by molar-refractivity contribution is 8.01. The maximum Gasteiger partial charge on any atom is 0.327 e. The summed E-state index contributed by atoms with van der Waals surface area (Å²) in [5.41, 5.74) is -1.03. The number of carbonyl (C=O) groups excluding carboxylic acids is 2. The minimum absolute atomic E-state index is 0.00613. The summed E-state index contributed by atoms with van der Waals surface area (Å²) in [6.07, 6.45) is 3.74. The number of hydrogen-bond acceptors (Lipinski definition) is 5. The zero-order chi connectivity index (χ0) is 24.9. The van der Waals surface area contributed by atoms with Gasteiger partial charge >= 0.3 is 5.97 Å². The third-order valence-electron chi connectivity index (χ3n) is 8.13. The van der Waals surface area contributed by atoms with Crippen molar-refractivity contribution in [3.05, 3.63) is 0 Å². The van der Waals surface area contributed by atoms with Gasteiger partial charge in [-0.2, -0.15) is 0 Å². The van der Waals surface area contributed by atoms with E-state index in [2.05, 4.69) is 26.1 Å². The van der Waals surface area contributed by atoms with Crippen molar-refractivity contribution in [2.75, 3.05) is 0 Å². The van der Waals surface area contributed by atoms with Crippen LogP contribution in [-0.2, 0) is 19.1 Å². The number of β-lactam (4-membered cyclic amide) rings is 1. The number of amides is 2. The molecule has 7 atom stereocenters. The first-order valence-corrected chi connectivity index (χ1v) is 13.4. The third kappa shape index (κ3) is 4.54. The molecule has 3 fully saturated rings. The smallest absolute Gasteiger partial charge is 0.327 e. The standard InChI is InChI=1S/C25H42N2O5S/c1-9-25(14(4)5,32-17-12-15(6)10-11-16(17)13(2)3)23(31)26-18-20(28)27-19(22(29)30)24(7,8)33-21(18)27/h13-19,21H,9-12H2,1-8H3,(H,26,31)(H,29,30)/t15-,16-,17-,18+,19-,21-,25-/m1/s1. The second-order valence-corrected chi connectivity index (χ2v) is 13.2. The number of carboxylic acid groups (broad SMARTS) is 1. The molecule has 1 saturated carbocycles. The molecule has 3 aliphatic rings. The summed E-state index contributed by atoms with van der Waals surface area (Å²) in [6, 6.07) is -1.61. The fourth-order valence-corrected chi connectivity index (χ4v) is 7.66.